The van der Waals surface area contributed by atoms with Crippen LogP contribution in [0.3, 0.4) is 0 Å². The average molecular weight is 509 g/mol. The Kier molecular flexibility index (Phi) is 6.74. The van der Waals surface area contributed by atoms with Gasteiger partial charge < -0.3 is 20.3 Å². The first-order valence-electron chi connectivity index (χ1n) is 8.66. The van der Waals surface area contributed by atoms with E-state index in [4.69, 9.17) is 5.11 Å². The molecule has 3 rings (SSSR count). The Morgan fingerprint density at radius 2 is 1.68 bits per heavy atom. The first-order chi connectivity index (χ1) is 13.5. The molecule has 0 aliphatic rings. The van der Waals surface area contributed by atoms with Crippen LogP contribution in [-0.4, -0.2) is 45.7 Å². The van der Waals surface area contributed by atoms with E-state index in [0.29, 0.717) is 16.8 Å². The van der Waals surface area contributed by atoms with Crippen LogP contribution in [0.5, 0.6) is 0 Å². The number of H-pyrrole nitrogens is 1. The third kappa shape index (κ3) is 4.74. The van der Waals surface area contributed by atoms with Crippen molar-refractivity contribution in [3.8, 4) is 0 Å². The number of amides is 1. The molecule has 0 fully saturated rings. The molecule has 1 aromatic heterocycles. The van der Waals surface area contributed by atoms with Crippen LogP contribution in [0.2, 0.25) is 0 Å². The molecule has 0 saturated carbocycles. The van der Waals surface area contributed by atoms with E-state index in [1.165, 1.54) is 0 Å². The highest BCUT2D eigenvalue weighted by Gasteiger charge is 2.11. The molecule has 1 heterocycles. The number of aromatic nitrogens is 1. The van der Waals surface area contributed by atoms with E-state index in [1.54, 1.807) is 36.4 Å². The fraction of sp³-hybridized carbons (Fsp3) is 0.200. The number of carboxylic acids is 1. The van der Waals surface area contributed by atoms with E-state index in [9.17, 15) is 9.59 Å². The third-order valence-electron chi connectivity index (χ3n) is 4.31. The summed E-state index contributed by atoms with van der Waals surface area (Å²) in [4.78, 5) is 28.7. The minimum atomic E-state index is -1.02. The van der Waals surface area contributed by atoms with Crippen molar-refractivity contribution in [1.82, 2.24) is 4.98 Å². The molecular weight excluding hydrogens is 490 g/mol. The molecule has 8 heteroatoms. The molecule has 0 spiro atoms. The molecule has 0 unspecified atom stereocenters. The van der Waals surface area contributed by atoms with Gasteiger partial charge in [0.25, 0.3) is 5.91 Å². The molecular formula is C20H19Br2N3O3. The maximum Gasteiger partial charge on any atom is 0.352 e. The number of nitrogens with one attached hydrogen (secondary N) is 2. The molecule has 146 valence electrons. The van der Waals surface area contributed by atoms with Crippen molar-refractivity contribution in [2.45, 2.75) is 0 Å². The number of hydrogen-bond donors (Lipinski definition) is 3. The quantitative estimate of drug-likeness (QED) is 0.384. The SMILES string of the molecule is O=C(Nc1ccc2[nH]c(C(=O)O)cc2c1)c1ccc(N(CCBr)CCBr)cc1. The number of halogens is 2. The summed E-state index contributed by atoms with van der Waals surface area (Å²) in [5.41, 5.74) is 3.05. The second-order valence-electron chi connectivity index (χ2n) is 6.16. The number of benzene rings is 2. The van der Waals surface area contributed by atoms with Gasteiger partial charge in [-0.25, -0.2) is 4.79 Å². The zero-order chi connectivity index (χ0) is 20.1. The number of carboxylic acid groups (broad SMARTS) is 1. The van der Waals surface area contributed by atoms with Gasteiger partial charge in [-0.1, -0.05) is 31.9 Å². The largest absolute Gasteiger partial charge is 0.477 e. The fourth-order valence-electron chi connectivity index (χ4n) is 2.93. The second-order valence-corrected chi connectivity index (χ2v) is 7.74. The monoisotopic (exact) mass is 507 g/mol. The predicted octanol–water partition coefficient (Wildman–Crippen LogP) is 4.71. The molecule has 0 bridgehead atoms. The Hall–Kier alpha value is -2.32. The molecule has 2 aromatic carbocycles. The van der Waals surface area contributed by atoms with E-state index in [2.05, 4.69) is 47.1 Å². The summed E-state index contributed by atoms with van der Waals surface area (Å²) < 4.78 is 0. The summed E-state index contributed by atoms with van der Waals surface area (Å²) >= 11 is 6.93. The van der Waals surface area contributed by atoms with Gasteiger partial charge in [-0.2, -0.15) is 0 Å². The summed E-state index contributed by atoms with van der Waals surface area (Å²) in [6.45, 7) is 1.76. The van der Waals surface area contributed by atoms with Gasteiger partial charge in [0, 0.05) is 51.6 Å². The molecule has 0 atom stereocenters. The number of carbonyl (C=O) groups excluding carboxylic acids is 1. The molecule has 0 aliphatic heterocycles. The van der Waals surface area contributed by atoms with Gasteiger partial charge in [-0.3, -0.25) is 4.79 Å². The Morgan fingerprint density at radius 1 is 1.00 bits per heavy atom. The van der Waals surface area contributed by atoms with Crippen molar-refractivity contribution < 1.29 is 14.7 Å². The number of aromatic amines is 1. The van der Waals surface area contributed by atoms with Gasteiger partial charge >= 0.3 is 5.97 Å². The highest BCUT2D eigenvalue weighted by atomic mass is 79.9. The number of alkyl halides is 2. The molecule has 3 aromatic rings. The van der Waals surface area contributed by atoms with Crippen molar-refractivity contribution in [2.24, 2.45) is 0 Å². The molecule has 0 aliphatic carbocycles. The van der Waals surface area contributed by atoms with Gasteiger partial charge in [0.05, 0.1) is 0 Å². The molecule has 1 amide bonds. The van der Waals surface area contributed by atoms with Crippen molar-refractivity contribution in [1.29, 1.82) is 0 Å². The number of carbonyl (C=O) groups is 2. The van der Waals surface area contributed by atoms with Gasteiger partial charge in [0.2, 0.25) is 0 Å². The van der Waals surface area contributed by atoms with Crippen LogP contribution in [0.25, 0.3) is 10.9 Å². The van der Waals surface area contributed by atoms with E-state index in [1.807, 2.05) is 12.1 Å². The van der Waals surface area contributed by atoms with Crippen LogP contribution in [0.1, 0.15) is 20.8 Å². The first kappa shape index (κ1) is 20.4. The van der Waals surface area contributed by atoms with Gasteiger partial charge in [-0.05, 0) is 48.5 Å². The second kappa shape index (κ2) is 9.25. The molecule has 3 N–H and O–H groups in total. The van der Waals surface area contributed by atoms with Gasteiger partial charge in [0.1, 0.15) is 5.69 Å². The number of aromatic carboxylic acids is 1. The molecule has 0 radical (unpaired) electrons. The number of nitrogens with zero attached hydrogens (tertiary/aromatic N) is 1. The Bertz CT molecular complexity index is 980. The lowest BCUT2D eigenvalue weighted by atomic mass is 10.1. The highest BCUT2D eigenvalue weighted by Crippen LogP contribution is 2.21. The summed E-state index contributed by atoms with van der Waals surface area (Å²) in [5.74, 6) is -1.23. The van der Waals surface area contributed by atoms with Crippen LogP contribution < -0.4 is 10.2 Å². The lowest BCUT2D eigenvalue weighted by molar-refractivity contribution is 0.0691. The van der Waals surface area contributed by atoms with Crippen LogP contribution in [0, 0.1) is 0 Å². The minimum absolute atomic E-state index is 0.116. The maximum atomic E-state index is 12.6. The zero-order valence-corrected chi connectivity index (χ0v) is 18.1. The Balaban J connectivity index is 1.73. The molecule has 28 heavy (non-hydrogen) atoms. The van der Waals surface area contributed by atoms with Gasteiger partial charge in [0.15, 0.2) is 0 Å². The van der Waals surface area contributed by atoms with Crippen molar-refractivity contribution in [3.05, 3.63) is 59.8 Å². The highest BCUT2D eigenvalue weighted by molar-refractivity contribution is 9.09. The number of fused-ring (bicyclic) bond motifs is 1. The van der Waals surface area contributed by atoms with Crippen LogP contribution >= 0.6 is 31.9 Å². The lowest BCUT2D eigenvalue weighted by Gasteiger charge is -2.23. The number of hydrogen-bond acceptors (Lipinski definition) is 3. The van der Waals surface area contributed by atoms with E-state index in [-0.39, 0.29) is 11.6 Å². The average Bonchev–Trinajstić information content (AvgIpc) is 3.12. The minimum Gasteiger partial charge on any atom is -0.477 e. The van der Waals surface area contributed by atoms with E-state index in [0.717, 1.165) is 34.8 Å². The number of rotatable bonds is 8. The van der Waals surface area contributed by atoms with Crippen LogP contribution in [-0.2, 0) is 0 Å². The Labute approximate surface area is 179 Å². The fourth-order valence-corrected chi connectivity index (χ4v) is 3.78. The zero-order valence-electron chi connectivity index (χ0n) is 14.9. The van der Waals surface area contributed by atoms with Crippen molar-refractivity contribution in [3.63, 3.8) is 0 Å². The smallest absolute Gasteiger partial charge is 0.352 e. The van der Waals surface area contributed by atoms with Crippen LogP contribution in [0.4, 0.5) is 11.4 Å². The summed E-state index contributed by atoms with van der Waals surface area (Å²) in [5, 5.41) is 14.4. The molecule has 6 nitrogen and oxygen atoms in total. The third-order valence-corrected chi connectivity index (χ3v) is 5.02. The predicted molar refractivity (Wildman–Crippen MR) is 119 cm³/mol. The first-order valence-corrected chi connectivity index (χ1v) is 10.9. The van der Waals surface area contributed by atoms with E-state index >= 15 is 0 Å². The molecule has 0 saturated heterocycles. The topological polar surface area (TPSA) is 85.4 Å². The normalized spacial score (nSPS) is 10.8. The van der Waals surface area contributed by atoms with Crippen molar-refractivity contribution in [2.75, 3.05) is 34.0 Å². The van der Waals surface area contributed by atoms with Gasteiger partial charge in [-0.15, -0.1) is 0 Å². The van der Waals surface area contributed by atoms with Crippen LogP contribution in [0.15, 0.2) is 48.5 Å². The summed E-state index contributed by atoms with van der Waals surface area (Å²) in [7, 11) is 0. The number of anilines is 2. The van der Waals surface area contributed by atoms with Crippen molar-refractivity contribution >= 4 is 66.0 Å². The van der Waals surface area contributed by atoms with E-state index < -0.39 is 5.97 Å². The summed E-state index contributed by atoms with van der Waals surface area (Å²) in [6, 6.07) is 14.3. The standard InChI is InChI=1S/C20H19Br2N3O3/c21-7-9-25(10-8-22)16-4-1-13(2-5-16)19(26)23-15-3-6-17-14(11-15)12-18(24-17)20(27)28/h1-6,11-12,24H,7-10H2,(H,23,26)(H,27,28). The summed E-state index contributed by atoms with van der Waals surface area (Å²) in [6.07, 6.45) is 0. The maximum absolute atomic E-state index is 12.6. The lowest BCUT2D eigenvalue weighted by Crippen LogP contribution is -2.27. The Morgan fingerprint density at radius 3 is 2.29 bits per heavy atom.